The molecule has 0 aliphatic carbocycles. The van der Waals surface area contributed by atoms with Crippen molar-refractivity contribution < 1.29 is 19.4 Å². The average Bonchev–Trinajstić information content (AvgIpc) is 2.50. The molecule has 0 aliphatic rings. The topological polar surface area (TPSA) is 55.8 Å². The van der Waals surface area contributed by atoms with Gasteiger partial charge in [0.25, 0.3) is 0 Å². The van der Waals surface area contributed by atoms with E-state index in [1.165, 1.54) is 0 Å². The maximum absolute atomic E-state index is 11.8. The molecule has 0 unspecified atom stereocenters. The molecular formula is C17H26O4. The summed E-state index contributed by atoms with van der Waals surface area (Å²) >= 11 is 0. The van der Waals surface area contributed by atoms with Crippen molar-refractivity contribution in [1.82, 2.24) is 0 Å². The molecule has 0 saturated heterocycles. The maximum Gasteiger partial charge on any atom is 0.140 e. The van der Waals surface area contributed by atoms with E-state index < -0.39 is 11.5 Å². The fourth-order valence-electron chi connectivity index (χ4n) is 2.11. The van der Waals surface area contributed by atoms with Crippen molar-refractivity contribution in [3.8, 4) is 5.75 Å². The van der Waals surface area contributed by atoms with Crippen molar-refractivity contribution in [3.05, 3.63) is 29.8 Å². The molecule has 1 aromatic carbocycles. The van der Waals surface area contributed by atoms with Crippen LogP contribution < -0.4 is 4.74 Å². The average molecular weight is 294 g/mol. The Morgan fingerprint density at radius 1 is 1.29 bits per heavy atom. The zero-order valence-electron chi connectivity index (χ0n) is 13.4. The smallest absolute Gasteiger partial charge is 0.140 e. The highest BCUT2D eigenvalue weighted by Gasteiger charge is 2.33. The zero-order valence-corrected chi connectivity index (χ0v) is 13.4. The number of ketones is 1. The Morgan fingerprint density at radius 3 is 2.43 bits per heavy atom. The number of carbonyl (C=O) groups is 1. The fraction of sp³-hybridized carbons (Fsp3) is 0.588. The molecule has 0 bridgehead atoms. The minimum absolute atomic E-state index is 0.0742. The highest BCUT2D eigenvalue weighted by molar-refractivity contribution is 5.84. The van der Waals surface area contributed by atoms with Gasteiger partial charge in [-0.25, -0.2) is 0 Å². The third kappa shape index (κ3) is 5.14. The normalized spacial score (nSPS) is 13.0. The third-order valence-electron chi connectivity index (χ3n) is 3.84. The SMILES string of the molecule is CCC(=O)C(C)(C)[C@@H](O)CCOCc1ccc(OC)cc1. The van der Waals surface area contributed by atoms with Crippen LogP contribution in [0.25, 0.3) is 0 Å². The first-order valence-corrected chi connectivity index (χ1v) is 7.33. The molecule has 4 nitrogen and oxygen atoms in total. The van der Waals surface area contributed by atoms with E-state index in [9.17, 15) is 9.90 Å². The third-order valence-corrected chi connectivity index (χ3v) is 3.84. The monoisotopic (exact) mass is 294 g/mol. The molecular weight excluding hydrogens is 268 g/mol. The minimum atomic E-state index is -0.710. The Bertz CT molecular complexity index is 437. The highest BCUT2D eigenvalue weighted by atomic mass is 16.5. The number of benzene rings is 1. The van der Waals surface area contributed by atoms with Crippen LogP contribution in [0.3, 0.4) is 0 Å². The van der Waals surface area contributed by atoms with Gasteiger partial charge in [-0.3, -0.25) is 4.79 Å². The van der Waals surface area contributed by atoms with Crippen LogP contribution in [0, 0.1) is 5.41 Å². The van der Waals surface area contributed by atoms with Gasteiger partial charge in [0.15, 0.2) is 0 Å². The quantitative estimate of drug-likeness (QED) is 0.711. The molecule has 4 heteroatoms. The largest absolute Gasteiger partial charge is 0.497 e. The van der Waals surface area contributed by atoms with Crippen molar-refractivity contribution >= 4 is 5.78 Å². The van der Waals surface area contributed by atoms with E-state index in [0.29, 0.717) is 26.1 Å². The molecule has 0 aliphatic heterocycles. The molecule has 1 aromatic rings. The van der Waals surface area contributed by atoms with Gasteiger partial charge in [-0.05, 0) is 24.1 Å². The lowest BCUT2D eigenvalue weighted by molar-refractivity contribution is -0.133. The number of hydrogen-bond acceptors (Lipinski definition) is 4. The molecule has 0 spiro atoms. The van der Waals surface area contributed by atoms with Crippen LogP contribution in [0.1, 0.15) is 39.2 Å². The van der Waals surface area contributed by atoms with Gasteiger partial charge < -0.3 is 14.6 Å². The van der Waals surface area contributed by atoms with Crippen molar-refractivity contribution in [1.29, 1.82) is 0 Å². The molecule has 1 rings (SSSR count). The molecule has 0 heterocycles. The first kappa shape index (κ1) is 17.7. The molecule has 0 amide bonds. The molecule has 1 atom stereocenters. The maximum atomic E-state index is 11.8. The van der Waals surface area contributed by atoms with E-state index in [2.05, 4.69) is 0 Å². The van der Waals surface area contributed by atoms with E-state index in [-0.39, 0.29) is 5.78 Å². The number of ether oxygens (including phenoxy) is 2. The van der Waals surface area contributed by atoms with E-state index in [4.69, 9.17) is 9.47 Å². The van der Waals surface area contributed by atoms with Crippen molar-refractivity contribution in [2.24, 2.45) is 5.41 Å². The molecule has 118 valence electrons. The number of methoxy groups -OCH3 is 1. The van der Waals surface area contributed by atoms with Gasteiger partial charge in [-0.15, -0.1) is 0 Å². The van der Waals surface area contributed by atoms with Gasteiger partial charge >= 0.3 is 0 Å². The summed E-state index contributed by atoms with van der Waals surface area (Å²) in [7, 11) is 1.63. The summed E-state index contributed by atoms with van der Waals surface area (Å²) in [5.41, 5.74) is 0.340. The summed E-state index contributed by atoms with van der Waals surface area (Å²) in [6.07, 6.45) is 0.215. The van der Waals surface area contributed by atoms with Crippen LogP contribution in [-0.4, -0.2) is 30.7 Å². The van der Waals surface area contributed by atoms with E-state index >= 15 is 0 Å². The van der Waals surface area contributed by atoms with Gasteiger partial charge in [0.1, 0.15) is 11.5 Å². The predicted octanol–water partition coefficient (Wildman–Crippen LogP) is 2.97. The number of hydrogen-bond donors (Lipinski definition) is 1. The molecule has 0 fully saturated rings. The van der Waals surface area contributed by atoms with Crippen LogP contribution in [0.15, 0.2) is 24.3 Å². The number of aliphatic hydroxyl groups is 1. The second-order valence-electron chi connectivity index (χ2n) is 5.70. The van der Waals surface area contributed by atoms with Gasteiger partial charge in [0.05, 0.1) is 19.8 Å². The number of Topliss-reactive ketones (excluding diaryl/α,β-unsaturated/α-hetero) is 1. The van der Waals surface area contributed by atoms with Crippen LogP contribution >= 0.6 is 0 Å². The van der Waals surface area contributed by atoms with E-state index in [1.807, 2.05) is 31.2 Å². The van der Waals surface area contributed by atoms with Gasteiger partial charge in [0.2, 0.25) is 0 Å². The van der Waals surface area contributed by atoms with Crippen molar-refractivity contribution in [2.75, 3.05) is 13.7 Å². The Morgan fingerprint density at radius 2 is 1.90 bits per heavy atom. The van der Waals surface area contributed by atoms with Gasteiger partial charge in [0, 0.05) is 18.4 Å². The number of aliphatic hydroxyl groups excluding tert-OH is 1. The van der Waals surface area contributed by atoms with Crippen molar-refractivity contribution in [2.45, 2.75) is 46.3 Å². The summed E-state index contributed by atoms with van der Waals surface area (Å²) in [5, 5.41) is 10.1. The lowest BCUT2D eigenvalue weighted by atomic mass is 9.80. The van der Waals surface area contributed by atoms with Crippen LogP contribution in [0.5, 0.6) is 5.75 Å². The molecule has 0 radical (unpaired) electrons. The summed E-state index contributed by atoms with van der Waals surface area (Å²) in [4.78, 5) is 11.8. The van der Waals surface area contributed by atoms with Crippen LogP contribution in [-0.2, 0) is 16.1 Å². The summed E-state index contributed by atoms with van der Waals surface area (Å²) < 4.78 is 10.7. The molecule has 21 heavy (non-hydrogen) atoms. The number of carbonyl (C=O) groups excluding carboxylic acids is 1. The Kier molecular flexibility index (Phi) is 6.85. The van der Waals surface area contributed by atoms with E-state index in [1.54, 1.807) is 21.0 Å². The highest BCUT2D eigenvalue weighted by Crippen LogP contribution is 2.25. The Balaban J connectivity index is 2.34. The standard InChI is InChI=1S/C17H26O4/c1-5-15(18)17(2,3)16(19)10-11-21-12-13-6-8-14(20-4)9-7-13/h6-9,16,19H,5,10-12H2,1-4H3/t16-/m0/s1. The van der Waals surface area contributed by atoms with Crippen LogP contribution in [0.4, 0.5) is 0 Å². The second kappa shape index (κ2) is 8.15. The molecule has 0 saturated carbocycles. The van der Waals surface area contributed by atoms with Crippen LogP contribution in [0.2, 0.25) is 0 Å². The van der Waals surface area contributed by atoms with Gasteiger partial charge in [-0.1, -0.05) is 32.9 Å². The predicted molar refractivity (Wildman–Crippen MR) is 82.4 cm³/mol. The lowest BCUT2D eigenvalue weighted by Gasteiger charge is -2.28. The second-order valence-corrected chi connectivity index (χ2v) is 5.70. The van der Waals surface area contributed by atoms with E-state index in [0.717, 1.165) is 11.3 Å². The molecule has 0 aromatic heterocycles. The Labute approximate surface area is 127 Å². The fourth-order valence-corrected chi connectivity index (χ4v) is 2.11. The first-order valence-electron chi connectivity index (χ1n) is 7.33. The Hall–Kier alpha value is -1.39. The lowest BCUT2D eigenvalue weighted by Crippen LogP contribution is -2.37. The molecule has 1 N–H and O–H groups in total. The van der Waals surface area contributed by atoms with Crippen molar-refractivity contribution in [3.63, 3.8) is 0 Å². The first-order chi connectivity index (χ1) is 9.91. The van der Waals surface area contributed by atoms with Gasteiger partial charge in [-0.2, -0.15) is 0 Å². The summed E-state index contributed by atoms with van der Waals surface area (Å²) in [6.45, 7) is 6.30. The minimum Gasteiger partial charge on any atom is -0.497 e. The number of rotatable bonds is 9. The zero-order chi connectivity index (χ0) is 15.9. The summed E-state index contributed by atoms with van der Waals surface area (Å²) in [6, 6.07) is 7.66. The summed E-state index contributed by atoms with van der Waals surface area (Å²) in [5.74, 6) is 0.888.